The lowest BCUT2D eigenvalue weighted by atomic mass is 10.1. The SMILES string of the molecule is COc1ccccc1-c1cnc(CNc2cc(CO)ccc2Cl)o1. The zero-order chi connectivity index (χ0) is 16.9. The van der Waals surface area contributed by atoms with E-state index in [1.165, 1.54) is 0 Å². The molecule has 3 rings (SSSR count). The van der Waals surface area contributed by atoms with Crippen molar-refractivity contribution in [2.24, 2.45) is 0 Å². The second-order valence-corrected chi connectivity index (χ2v) is 5.55. The van der Waals surface area contributed by atoms with E-state index in [1.807, 2.05) is 24.3 Å². The molecule has 0 aliphatic carbocycles. The summed E-state index contributed by atoms with van der Waals surface area (Å²) in [5.41, 5.74) is 2.35. The number of oxazole rings is 1. The highest BCUT2D eigenvalue weighted by atomic mass is 35.5. The van der Waals surface area contributed by atoms with Gasteiger partial charge in [-0.1, -0.05) is 29.8 Å². The molecule has 0 spiro atoms. The molecule has 0 saturated heterocycles. The van der Waals surface area contributed by atoms with E-state index in [4.69, 9.17) is 20.8 Å². The Kier molecular flexibility index (Phi) is 5.03. The van der Waals surface area contributed by atoms with Crippen LogP contribution in [0, 0.1) is 0 Å². The van der Waals surface area contributed by atoms with Crippen LogP contribution in [-0.2, 0) is 13.2 Å². The van der Waals surface area contributed by atoms with Gasteiger partial charge in [-0.25, -0.2) is 4.98 Å². The van der Waals surface area contributed by atoms with Gasteiger partial charge in [0.2, 0.25) is 5.89 Å². The number of rotatable bonds is 6. The van der Waals surface area contributed by atoms with Crippen molar-refractivity contribution < 1.29 is 14.3 Å². The molecule has 5 nitrogen and oxygen atoms in total. The molecule has 2 N–H and O–H groups in total. The van der Waals surface area contributed by atoms with Crippen LogP contribution in [-0.4, -0.2) is 17.2 Å². The fourth-order valence-corrected chi connectivity index (χ4v) is 2.53. The van der Waals surface area contributed by atoms with Crippen molar-refractivity contribution in [2.45, 2.75) is 13.2 Å². The van der Waals surface area contributed by atoms with Crippen LogP contribution in [0.2, 0.25) is 5.02 Å². The first-order chi connectivity index (χ1) is 11.7. The fourth-order valence-electron chi connectivity index (χ4n) is 2.34. The lowest BCUT2D eigenvalue weighted by Gasteiger charge is -2.08. The van der Waals surface area contributed by atoms with Crippen molar-refractivity contribution in [1.82, 2.24) is 4.98 Å². The predicted octanol–water partition coefficient (Wildman–Crippen LogP) is 4.11. The maximum Gasteiger partial charge on any atom is 0.214 e. The van der Waals surface area contributed by atoms with Gasteiger partial charge >= 0.3 is 0 Å². The zero-order valence-electron chi connectivity index (χ0n) is 13.1. The topological polar surface area (TPSA) is 67.5 Å². The van der Waals surface area contributed by atoms with Gasteiger partial charge < -0.3 is 19.6 Å². The van der Waals surface area contributed by atoms with Crippen molar-refractivity contribution in [3.05, 3.63) is 65.1 Å². The first-order valence-electron chi connectivity index (χ1n) is 7.42. The molecule has 124 valence electrons. The summed E-state index contributed by atoms with van der Waals surface area (Å²) in [4.78, 5) is 4.28. The van der Waals surface area contributed by atoms with Gasteiger partial charge in [0.1, 0.15) is 5.75 Å². The Balaban J connectivity index is 1.75. The molecule has 0 fully saturated rings. The minimum absolute atomic E-state index is 0.0389. The van der Waals surface area contributed by atoms with Gasteiger partial charge in [-0.05, 0) is 29.8 Å². The molecular formula is C18H17ClN2O3. The van der Waals surface area contributed by atoms with Gasteiger partial charge in [-0.3, -0.25) is 0 Å². The van der Waals surface area contributed by atoms with Crippen LogP contribution in [0.3, 0.4) is 0 Å². The molecule has 0 saturated carbocycles. The van der Waals surface area contributed by atoms with E-state index in [9.17, 15) is 5.11 Å². The number of nitrogens with zero attached hydrogens (tertiary/aromatic N) is 1. The summed E-state index contributed by atoms with van der Waals surface area (Å²) < 4.78 is 11.1. The summed E-state index contributed by atoms with van der Waals surface area (Å²) in [6.07, 6.45) is 1.67. The number of aliphatic hydroxyl groups excluding tert-OH is 1. The molecule has 1 aromatic heterocycles. The quantitative estimate of drug-likeness (QED) is 0.704. The number of aliphatic hydroxyl groups is 1. The van der Waals surface area contributed by atoms with E-state index >= 15 is 0 Å². The highest BCUT2D eigenvalue weighted by molar-refractivity contribution is 6.33. The molecule has 0 aliphatic rings. The summed E-state index contributed by atoms with van der Waals surface area (Å²) in [7, 11) is 1.62. The molecular weight excluding hydrogens is 328 g/mol. The van der Waals surface area contributed by atoms with Crippen LogP contribution < -0.4 is 10.1 Å². The molecule has 6 heteroatoms. The Hall–Kier alpha value is -2.50. The zero-order valence-corrected chi connectivity index (χ0v) is 13.9. The largest absolute Gasteiger partial charge is 0.496 e. The second-order valence-electron chi connectivity index (χ2n) is 5.14. The molecule has 0 unspecified atom stereocenters. The van der Waals surface area contributed by atoms with E-state index in [0.29, 0.717) is 23.2 Å². The van der Waals surface area contributed by atoms with Gasteiger partial charge in [0.15, 0.2) is 5.76 Å². The monoisotopic (exact) mass is 344 g/mol. The summed E-state index contributed by atoms with van der Waals surface area (Å²) in [5, 5.41) is 12.9. The highest BCUT2D eigenvalue weighted by Gasteiger charge is 2.11. The summed E-state index contributed by atoms with van der Waals surface area (Å²) in [6.45, 7) is 0.340. The number of methoxy groups -OCH3 is 1. The van der Waals surface area contributed by atoms with E-state index in [2.05, 4.69) is 10.3 Å². The molecule has 0 atom stereocenters. The number of anilines is 1. The smallest absolute Gasteiger partial charge is 0.214 e. The molecule has 0 radical (unpaired) electrons. The van der Waals surface area contributed by atoms with Crippen LogP contribution in [0.5, 0.6) is 5.75 Å². The summed E-state index contributed by atoms with van der Waals surface area (Å²) >= 11 is 6.15. The van der Waals surface area contributed by atoms with E-state index in [-0.39, 0.29) is 6.61 Å². The van der Waals surface area contributed by atoms with Crippen molar-refractivity contribution in [3.8, 4) is 17.1 Å². The normalized spacial score (nSPS) is 10.6. The Labute approximate surface area is 144 Å². The minimum Gasteiger partial charge on any atom is -0.496 e. The third-order valence-electron chi connectivity index (χ3n) is 3.57. The van der Waals surface area contributed by atoms with Crippen LogP contribution in [0.15, 0.2) is 53.1 Å². The average Bonchev–Trinajstić information content (AvgIpc) is 3.10. The van der Waals surface area contributed by atoms with E-state index in [1.54, 1.807) is 31.5 Å². The van der Waals surface area contributed by atoms with E-state index in [0.717, 1.165) is 22.6 Å². The van der Waals surface area contributed by atoms with Crippen LogP contribution in [0.4, 0.5) is 5.69 Å². The van der Waals surface area contributed by atoms with Crippen molar-refractivity contribution in [1.29, 1.82) is 0 Å². The molecule has 1 heterocycles. The standard InChI is InChI=1S/C18H17ClN2O3/c1-23-16-5-3-2-4-13(16)17-9-21-18(24-17)10-20-15-8-12(11-22)6-7-14(15)19/h2-9,20,22H,10-11H2,1H3. The lowest BCUT2D eigenvalue weighted by Crippen LogP contribution is -2.01. The van der Waals surface area contributed by atoms with Crippen LogP contribution in [0.1, 0.15) is 11.5 Å². The summed E-state index contributed by atoms with van der Waals surface area (Å²) in [5.74, 6) is 1.90. The van der Waals surface area contributed by atoms with Gasteiger partial charge in [0.25, 0.3) is 0 Å². The van der Waals surface area contributed by atoms with Gasteiger partial charge in [0, 0.05) is 0 Å². The Bertz CT molecular complexity index is 833. The van der Waals surface area contributed by atoms with Crippen molar-refractivity contribution >= 4 is 17.3 Å². The number of ether oxygens (including phenoxy) is 1. The van der Waals surface area contributed by atoms with Gasteiger partial charge in [-0.15, -0.1) is 0 Å². The lowest BCUT2D eigenvalue weighted by molar-refractivity contribution is 0.282. The Morgan fingerprint density at radius 1 is 1.25 bits per heavy atom. The molecule has 3 aromatic rings. The van der Waals surface area contributed by atoms with Crippen molar-refractivity contribution in [2.75, 3.05) is 12.4 Å². The molecule has 0 bridgehead atoms. The van der Waals surface area contributed by atoms with E-state index < -0.39 is 0 Å². The summed E-state index contributed by atoms with van der Waals surface area (Å²) in [6, 6.07) is 12.9. The first-order valence-corrected chi connectivity index (χ1v) is 7.80. The number of aromatic nitrogens is 1. The third-order valence-corrected chi connectivity index (χ3v) is 3.90. The second kappa shape index (κ2) is 7.38. The fraction of sp³-hybridized carbons (Fsp3) is 0.167. The average molecular weight is 345 g/mol. The maximum atomic E-state index is 9.20. The van der Waals surface area contributed by atoms with Crippen LogP contribution in [0.25, 0.3) is 11.3 Å². The number of hydrogen-bond donors (Lipinski definition) is 2. The number of hydrogen-bond acceptors (Lipinski definition) is 5. The Morgan fingerprint density at radius 2 is 2.08 bits per heavy atom. The number of halogens is 1. The number of para-hydroxylation sites is 1. The number of nitrogens with one attached hydrogen (secondary N) is 1. The predicted molar refractivity (Wildman–Crippen MR) is 93.2 cm³/mol. The van der Waals surface area contributed by atoms with Crippen molar-refractivity contribution in [3.63, 3.8) is 0 Å². The number of benzene rings is 2. The maximum absolute atomic E-state index is 9.20. The van der Waals surface area contributed by atoms with Gasteiger partial charge in [0.05, 0.1) is 42.7 Å². The van der Waals surface area contributed by atoms with Crippen LogP contribution >= 0.6 is 11.6 Å². The molecule has 2 aromatic carbocycles. The Morgan fingerprint density at radius 3 is 2.88 bits per heavy atom. The highest BCUT2D eigenvalue weighted by Crippen LogP contribution is 2.30. The molecule has 0 amide bonds. The molecule has 0 aliphatic heterocycles. The molecule has 24 heavy (non-hydrogen) atoms. The first kappa shape index (κ1) is 16.4. The minimum atomic E-state index is -0.0389. The van der Waals surface area contributed by atoms with Gasteiger partial charge in [-0.2, -0.15) is 0 Å². The third kappa shape index (κ3) is 3.53.